The highest BCUT2D eigenvalue weighted by Crippen LogP contribution is 2.18. The molecular weight excluding hydrogens is 291 g/mol. The van der Waals surface area contributed by atoms with Gasteiger partial charge in [-0.3, -0.25) is 4.79 Å². The fourth-order valence-electron chi connectivity index (χ4n) is 2.97. The third kappa shape index (κ3) is 3.89. The van der Waals surface area contributed by atoms with E-state index in [2.05, 4.69) is 36.1 Å². The van der Waals surface area contributed by atoms with E-state index in [0.717, 1.165) is 18.7 Å². The summed E-state index contributed by atoms with van der Waals surface area (Å²) in [5, 5.41) is 0. The molecule has 0 saturated carbocycles. The molecule has 3 rings (SSSR count). The van der Waals surface area contributed by atoms with E-state index in [1.54, 1.807) is 12.1 Å². The number of hydrogen-bond acceptors (Lipinski definition) is 2. The minimum absolute atomic E-state index is 0.0690. The van der Waals surface area contributed by atoms with E-state index in [4.69, 9.17) is 0 Å². The van der Waals surface area contributed by atoms with E-state index in [1.165, 1.54) is 23.4 Å². The SMILES string of the molecule is Cc1cccc(N2CCN(C(=O)Cc3cccc(F)c3)CC2)c1. The second kappa shape index (κ2) is 6.82. The van der Waals surface area contributed by atoms with Crippen molar-refractivity contribution in [3.63, 3.8) is 0 Å². The number of hydrogen-bond donors (Lipinski definition) is 0. The average molecular weight is 312 g/mol. The van der Waals surface area contributed by atoms with Gasteiger partial charge in [-0.2, -0.15) is 0 Å². The van der Waals surface area contributed by atoms with Crippen LogP contribution >= 0.6 is 0 Å². The van der Waals surface area contributed by atoms with Crippen LogP contribution in [0.4, 0.5) is 10.1 Å². The smallest absolute Gasteiger partial charge is 0.227 e. The van der Waals surface area contributed by atoms with Crippen molar-refractivity contribution >= 4 is 11.6 Å². The molecule has 0 spiro atoms. The van der Waals surface area contributed by atoms with Crippen LogP contribution < -0.4 is 4.90 Å². The zero-order valence-electron chi connectivity index (χ0n) is 13.3. The number of amides is 1. The molecule has 0 radical (unpaired) electrons. The van der Waals surface area contributed by atoms with Crippen molar-refractivity contribution in [1.82, 2.24) is 4.90 Å². The van der Waals surface area contributed by atoms with Crippen LogP contribution in [0.1, 0.15) is 11.1 Å². The molecule has 120 valence electrons. The Labute approximate surface area is 136 Å². The predicted molar refractivity (Wildman–Crippen MR) is 90.1 cm³/mol. The standard InChI is InChI=1S/C19H21FN2O/c1-15-4-2-7-18(12-15)21-8-10-22(11-9-21)19(23)14-16-5-3-6-17(20)13-16/h2-7,12-13H,8-11,14H2,1H3. The van der Waals surface area contributed by atoms with Crippen LogP contribution in [0.25, 0.3) is 0 Å². The number of carbonyl (C=O) groups excluding carboxylic acids is 1. The van der Waals surface area contributed by atoms with E-state index >= 15 is 0 Å². The number of rotatable bonds is 3. The summed E-state index contributed by atoms with van der Waals surface area (Å²) in [5.41, 5.74) is 3.19. The van der Waals surface area contributed by atoms with E-state index in [-0.39, 0.29) is 18.1 Å². The molecule has 1 heterocycles. The number of benzene rings is 2. The number of halogens is 1. The summed E-state index contributed by atoms with van der Waals surface area (Å²) < 4.78 is 13.2. The first-order valence-corrected chi connectivity index (χ1v) is 7.96. The summed E-state index contributed by atoms with van der Waals surface area (Å²) in [6.45, 7) is 5.17. The van der Waals surface area contributed by atoms with Crippen LogP contribution in [0.3, 0.4) is 0 Å². The highest BCUT2D eigenvalue weighted by Gasteiger charge is 2.21. The number of nitrogens with zero attached hydrogens (tertiary/aromatic N) is 2. The minimum atomic E-state index is -0.292. The summed E-state index contributed by atoms with van der Waals surface area (Å²) in [6, 6.07) is 14.7. The normalized spacial score (nSPS) is 14.9. The first-order chi connectivity index (χ1) is 11.1. The zero-order valence-corrected chi connectivity index (χ0v) is 13.3. The number of aryl methyl sites for hydroxylation is 1. The molecule has 0 bridgehead atoms. The van der Waals surface area contributed by atoms with Crippen molar-refractivity contribution in [3.8, 4) is 0 Å². The van der Waals surface area contributed by atoms with Gasteiger partial charge in [0.25, 0.3) is 0 Å². The second-order valence-corrected chi connectivity index (χ2v) is 6.01. The van der Waals surface area contributed by atoms with Crippen molar-refractivity contribution in [1.29, 1.82) is 0 Å². The molecule has 0 N–H and O–H groups in total. The minimum Gasteiger partial charge on any atom is -0.368 e. The molecule has 3 nitrogen and oxygen atoms in total. The van der Waals surface area contributed by atoms with Gasteiger partial charge in [0.1, 0.15) is 5.82 Å². The molecule has 0 unspecified atom stereocenters. The quantitative estimate of drug-likeness (QED) is 0.870. The molecule has 1 aliphatic heterocycles. The maximum Gasteiger partial charge on any atom is 0.227 e. The highest BCUT2D eigenvalue weighted by atomic mass is 19.1. The summed E-state index contributed by atoms with van der Waals surface area (Å²) in [5.74, 6) is -0.223. The number of piperazine rings is 1. The lowest BCUT2D eigenvalue weighted by Crippen LogP contribution is -2.49. The molecule has 1 saturated heterocycles. The van der Waals surface area contributed by atoms with Gasteiger partial charge in [0.05, 0.1) is 6.42 Å². The number of anilines is 1. The van der Waals surface area contributed by atoms with Crippen LogP contribution in [-0.2, 0) is 11.2 Å². The van der Waals surface area contributed by atoms with Gasteiger partial charge in [-0.25, -0.2) is 4.39 Å². The topological polar surface area (TPSA) is 23.6 Å². The van der Waals surface area contributed by atoms with Gasteiger partial charge >= 0.3 is 0 Å². The molecule has 1 amide bonds. The molecule has 1 fully saturated rings. The molecule has 0 aromatic heterocycles. The van der Waals surface area contributed by atoms with Gasteiger partial charge in [-0.15, -0.1) is 0 Å². The second-order valence-electron chi connectivity index (χ2n) is 6.01. The van der Waals surface area contributed by atoms with Crippen molar-refractivity contribution in [3.05, 3.63) is 65.5 Å². The largest absolute Gasteiger partial charge is 0.368 e. The van der Waals surface area contributed by atoms with Gasteiger partial charge in [0, 0.05) is 31.9 Å². The lowest BCUT2D eigenvalue weighted by Gasteiger charge is -2.36. The molecule has 1 aliphatic rings. The van der Waals surface area contributed by atoms with Crippen LogP contribution in [-0.4, -0.2) is 37.0 Å². The van der Waals surface area contributed by atoms with Crippen molar-refractivity contribution < 1.29 is 9.18 Å². The maximum atomic E-state index is 13.2. The Morgan fingerprint density at radius 2 is 1.78 bits per heavy atom. The Morgan fingerprint density at radius 1 is 1.04 bits per heavy atom. The fraction of sp³-hybridized carbons (Fsp3) is 0.316. The molecule has 2 aromatic rings. The van der Waals surface area contributed by atoms with Crippen LogP contribution in [0.15, 0.2) is 48.5 Å². The van der Waals surface area contributed by atoms with Crippen LogP contribution in [0, 0.1) is 12.7 Å². The molecule has 0 aliphatic carbocycles. The summed E-state index contributed by atoms with van der Waals surface area (Å²) in [7, 11) is 0. The molecule has 2 aromatic carbocycles. The van der Waals surface area contributed by atoms with E-state index in [0.29, 0.717) is 13.1 Å². The van der Waals surface area contributed by atoms with Crippen LogP contribution in [0.5, 0.6) is 0 Å². The van der Waals surface area contributed by atoms with Gasteiger partial charge in [0.15, 0.2) is 0 Å². The average Bonchev–Trinajstić information content (AvgIpc) is 2.55. The van der Waals surface area contributed by atoms with E-state index < -0.39 is 0 Å². The van der Waals surface area contributed by atoms with Gasteiger partial charge < -0.3 is 9.80 Å². The predicted octanol–water partition coefficient (Wildman–Crippen LogP) is 3.03. The first-order valence-electron chi connectivity index (χ1n) is 7.96. The first kappa shape index (κ1) is 15.5. The summed E-state index contributed by atoms with van der Waals surface area (Å²) in [4.78, 5) is 16.5. The van der Waals surface area contributed by atoms with E-state index in [9.17, 15) is 9.18 Å². The van der Waals surface area contributed by atoms with E-state index in [1.807, 2.05) is 4.90 Å². The molecule has 4 heteroatoms. The third-order valence-corrected chi connectivity index (χ3v) is 4.24. The van der Waals surface area contributed by atoms with Crippen molar-refractivity contribution in [2.45, 2.75) is 13.3 Å². The Morgan fingerprint density at radius 3 is 2.48 bits per heavy atom. The Bertz CT molecular complexity index is 693. The monoisotopic (exact) mass is 312 g/mol. The lowest BCUT2D eigenvalue weighted by molar-refractivity contribution is -0.130. The molecule has 23 heavy (non-hydrogen) atoms. The van der Waals surface area contributed by atoms with Crippen molar-refractivity contribution in [2.24, 2.45) is 0 Å². The third-order valence-electron chi connectivity index (χ3n) is 4.24. The van der Waals surface area contributed by atoms with Crippen LogP contribution in [0.2, 0.25) is 0 Å². The summed E-state index contributed by atoms with van der Waals surface area (Å²) in [6.07, 6.45) is 0.266. The van der Waals surface area contributed by atoms with Gasteiger partial charge in [-0.1, -0.05) is 24.3 Å². The molecular formula is C19H21FN2O. The summed E-state index contributed by atoms with van der Waals surface area (Å²) >= 11 is 0. The van der Waals surface area contributed by atoms with Gasteiger partial charge in [0.2, 0.25) is 5.91 Å². The lowest BCUT2D eigenvalue weighted by atomic mass is 10.1. The maximum absolute atomic E-state index is 13.2. The van der Waals surface area contributed by atoms with Gasteiger partial charge in [-0.05, 0) is 42.3 Å². The van der Waals surface area contributed by atoms with Crippen molar-refractivity contribution in [2.75, 3.05) is 31.1 Å². The zero-order chi connectivity index (χ0) is 16.2. The Balaban J connectivity index is 1.57. The fourth-order valence-corrected chi connectivity index (χ4v) is 2.97. The Kier molecular flexibility index (Phi) is 4.60. The highest BCUT2D eigenvalue weighted by molar-refractivity contribution is 5.79. The number of carbonyl (C=O) groups is 1. The molecule has 0 atom stereocenters. The Hall–Kier alpha value is -2.36.